The Bertz CT molecular complexity index is 783. The molecule has 7 nitrogen and oxygen atoms in total. The van der Waals surface area contributed by atoms with Crippen LogP contribution in [0.15, 0.2) is 30.5 Å². The summed E-state index contributed by atoms with van der Waals surface area (Å²) < 4.78 is 1.70. The highest BCUT2D eigenvalue weighted by Gasteiger charge is 2.34. The fraction of sp³-hybridized carbons (Fsp3) is 0.353. The number of carbonyl (C=O) groups excluding carboxylic acids is 2. The molecule has 126 valence electrons. The van der Waals surface area contributed by atoms with Crippen LogP contribution in [0.3, 0.4) is 0 Å². The molecule has 0 aliphatic heterocycles. The Morgan fingerprint density at radius 2 is 2.00 bits per heavy atom. The molecule has 0 bridgehead atoms. The standard InChI is InChI=1S/C17H21N5O2/c1-10-15(9-18-22(10)3)20-17(24)21-16-13-7-5-4-6-12(13)8-14(16)19-11(2)23/h4-7,9,14,16H,8H2,1-3H3,(H,19,23)(H2,20,21,24)/t14-,16-/m1/s1. The Hall–Kier alpha value is -2.83. The second-order valence-electron chi connectivity index (χ2n) is 6.05. The van der Waals surface area contributed by atoms with Crippen molar-refractivity contribution in [1.82, 2.24) is 20.4 Å². The predicted molar refractivity (Wildman–Crippen MR) is 90.6 cm³/mol. The van der Waals surface area contributed by atoms with Gasteiger partial charge in [0.25, 0.3) is 0 Å². The summed E-state index contributed by atoms with van der Waals surface area (Å²) in [5, 5.41) is 12.8. The van der Waals surface area contributed by atoms with Crippen molar-refractivity contribution in [3.8, 4) is 0 Å². The van der Waals surface area contributed by atoms with Crippen molar-refractivity contribution in [2.75, 3.05) is 5.32 Å². The Morgan fingerprint density at radius 3 is 2.67 bits per heavy atom. The minimum atomic E-state index is -0.317. The molecule has 3 rings (SSSR count). The smallest absolute Gasteiger partial charge is 0.319 e. The van der Waals surface area contributed by atoms with Crippen LogP contribution in [-0.2, 0) is 18.3 Å². The maximum absolute atomic E-state index is 12.4. The molecule has 1 heterocycles. The first-order chi connectivity index (χ1) is 11.5. The van der Waals surface area contributed by atoms with Gasteiger partial charge in [-0.3, -0.25) is 9.48 Å². The van der Waals surface area contributed by atoms with E-state index in [2.05, 4.69) is 21.0 Å². The molecule has 2 aromatic rings. The van der Waals surface area contributed by atoms with Crippen molar-refractivity contribution in [3.63, 3.8) is 0 Å². The van der Waals surface area contributed by atoms with Crippen LogP contribution < -0.4 is 16.0 Å². The summed E-state index contributed by atoms with van der Waals surface area (Å²) in [4.78, 5) is 23.9. The van der Waals surface area contributed by atoms with Crippen LogP contribution in [-0.4, -0.2) is 27.8 Å². The molecular formula is C17H21N5O2. The number of nitrogens with zero attached hydrogens (tertiary/aromatic N) is 2. The molecular weight excluding hydrogens is 306 g/mol. The van der Waals surface area contributed by atoms with Gasteiger partial charge in [0, 0.05) is 14.0 Å². The van der Waals surface area contributed by atoms with Crippen molar-refractivity contribution < 1.29 is 9.59 Å². The number of aryl methyl sites for hydroxylation is 1. The van der Waals surface area contributed by atoms with Crippen LogP contribution in [0.2, 0.25) is 0 Å². The molecule has 1 aromatic heterocycles. The quantitative estimate of drug-likeness (QED) is 0.801. The number of hydrogen-bond acceptors (Lipinski definition) is 3. The summed E-state index contributed by atoms with van der Waals surface area (Å²) >= 11 is 0. The molecule has 1 aliphatic rings. The number of carbonyl (C=O) groups is 2. The molecule has 3 amide bonds. The highest BCUT2D eigenvalue weighted by Crippen LogP contribution is 2.31. The number of benzene rings is 1. The van der Waals surface area contributed by atoms with Gasteiger partial charge in [-0.2, -0.15) is 5.10 Å². The van der Waals surface area contributed by atoms with Gasteiger partial charge in [-0.25, -0.2) is 4.79 Å². The molecule has 0 unspecified atom stereocenters. The molecule has 24 heavy (non-hydrogen) atoms. The maximum atomic E-state index is 12.4. The van der Waals surface area contributed by atoms with Crippen LogP contribution in [0.4, 0.5) is 10.5 Å². The first-order valence-electron chi connectivity index (χ1n) is 7.86. The number of fused-ring (bicyclic) bond motifs is 1. The molecule has 0 saturated heterocycles. The van der Waals surface area contributed by atoms with Crippen molar-refractivity contribution in [3.05, 3.63) is 47.3 Å². The summed E-state index contributed by atoms with van der Waals surface area (Å²) in [5.74, 6) is -0.108. The normalized spacial score (nSPS) is 18.8. The minimum absolute atomic E-state index is 0.108. The van der Waals surface area contributed by atoms with Gasteiger partial charge in [0.2, 0.25) is 5.91 Å². The minimum Gasteiger partial charge on any atom is -0.351 e. The van der Waals surface area contributed by atoms with Crippen LogP contribution in [0.1, 0.15) is 29.8 Å². The number of nitrogens with one attached hydrogen (secondary N) is 3. The molecule has 1 aliphatic carbocycles. The monoisotopic (exact) mass is 327 g/mol. The van der Waals surface area contributed by atoms with Crippen molar-refractivity contribution >= 4 is 17.6 Å². The first-order valence-corrected chi connectivity index (χ1v) is 7.86. The number of aromatic nitrogens is 2. The Kier molecular flexibility index (Phi) is 4.24. The second kappa shape index (κ2) is 6.35. The zero-order valence-corrected chi connectivity index (χ0v) is 14.0. The van der Waals surface area contributed by atoms with Gasteiger partial charge >= 0.3 is 6.03 Å². The average molecular weight is 327 g/mol. The third kappa shape index (κ3) is 3.10. The van der Waals surface area contributed by atoms with Gasteiger partial charge in [-0.1, -0.05) is 24.3 Å². The van der Waals surface area contributed by atoms with E-state index in [4.69, 9.17) is 0 Å². The summed E-state index contributed by atoms with van der Waals surface area (Å²) in [6.45, 7) is 3.37. The van der Waals surface area contributed by atoms with Crippen LogP contribution in [0.25, 0.3) is 0 Å². The lowest BCUT2D eigenvalue weighted by molar-refractivity contribution is -0.119. The summed E-state index contributed by atoms with van der Waals surface area (Å²) in [6, 6.07) is 7.18. The molecule has 0 fully saturated rings. The van der Waals surface area contributed by atoms with Gasteiger partial charge in [-0.15, -0.1) is 0 Å². The van der Waals surface area contributed by atoms with Gasteiger partial charge in [0.1, 0.15) is 0 Å². The molecule has 0 saturated carbocycles. The summed E-state index contributed by atoms with van der Waals surface area (Å²) in [7, 11) is 1.82. The molecule has 2 atom stereocenters. The van der Waals surface area contributed by atoms with E-state index in [-0.39, 0.29) is 24.0 Å². The van der Waals surface area contributed by atoms with Crippen molar-refractivity contribution in [2.24, 2.45) is 7.05 Å². The zero-order valence-electron chi connectivity index (χ0n) is 14.0. The van der Waals surface area contributed by atoms with E-state index in [1.165, 1.54) is 6.92 Å². The van der Waals surface area contributed by atoms with E-state index in [9.17, 15) is 9.59 Å². The Balaban J connectivity index is 1.76. The van der Waals surface area contributed by atoms with Gasteiger partial charge in [0.15, 0.2) is 0 Å². The van der Waals surface area contributed by atoms with E-state index < -0.39 is 0 Å². The second-order valence-corrected chi connectivity index (χ2v) is 6.05. The fourth-order valence-electron chi connectivity index (χ4n) is 3.09. The Labute approximate surface area is 140 Å². The lowest BCUT2D eigenvalue weighted by Gasteiger charge is -2.22. The summed E-state index contributed by atoms with van der Waals surface area (Å²) in [5.41, 5.74) is 3.71. The van der Waals surface area contributed by atoms with Gasteiger partial charge < -0.3 is 16.0 Å². The van der Waals surface area contributed by atoms with E-state index in [1.807, 2.05) is 38.2 Å². The van der Waals surface area contributed by atoms with Crippen LogP contribution >= 0.6 is 0 Å². The zero-order chi connectivity index (χ0) is 17.3. The maximum Gasteiger partial charge on any atom is 0.319 e. The molecule has 0 radical (unpaired) electrons. The average Bonchev–Trinajstić information content (AvgIpc) is 3.02. The van der Waals surface area contributed by atoms with Gasteiger partial charge in [0.05, 0.1) is 29.7 Å². The number of hydrogen-bond donors (Lipinski definition) is 3. The predicted octanol–water partition coefficient (Wildman–Crippen LogP) is 1.65. The lowest BCUT2D eigenvalue weighted by atomic mass is 10.1. The number of amides is 3. The topological polar surface area (TPSA) is 88.1 Å². The SMILES string of the molecule is CC(=O)N[C@@H]1Cc2ccccc2[C@H]1NC(=O)Nc1cnn(C)c1C. The summed E-state index contributed by atoms with van der Waals surface area (Å²) in [6.07, 6.45) is 2.31. The molecule has 7 heteroatoms. The van der Waals surface area contributed by atoms with E-state index >= 15 is 0 Å². The van der Waals surface area contributed by atoms with Crippen molar-refractivity contribution in [1.29, 1.82) is 0 Å². The van der Waals surface area contributed by atoms with E-state index in [1.54, 1.807) is 10.9 Å². The van der Waals surface area contributed by atoms with Crippen LogP contribution in [0.5, 0.6) is 0 Å². The first kappa shape index (κ1) is 16.0. The molecule has 0 spiro atoms. The van der Waals surface area contributed by atoms with E-state index in [0.29, 0.717) is 12.1 Å². The van der Waals surface area contributed by atoms with Gasteiger partial charge in [-0.05, 0) is 24.5 Å². The fourth-order valence-corrected chi connectivity index (χ4v) is 3.09. The number of urea groups is 1. The van der Waals surface area contributed by atoms with E-state index in [0.717, 1.165) is 16.8 Å². The Morgan fingerprint density at radius 1 is 1.25 bits per heavy atom. The highest BCUT2D eigenvalue weighted by molar-refractivity contribution is 5.90. The highest BCUT2D eigenvalue weighted by atomic mass is 16.2. The third-order valence-corrected chi connectivity index (χ3v) is 4.39. The molecule has 1 aromatic carbocycles. The number of anilines is 1. The van der Waals surface area contributed by atoms with Crippen LogP contribution in [0, 0.1) is 6.92 Å². The lowest BCUT2D eigenvalue weighted by Crippen LogP contribution is -2.44. The largest absolute Gasteiger partial charge is 0.351 e. The third-order valence-electron chi connectivity index (χ3n) is 4.39. The molecule has 3 N–H and O–H groups in total. The number of rotatable bonds is 3. The van der Waals surface area contributed by atoms with Crippen molar-refractivity contribution in [2.45, 2.75) is 32.4 Å².